The molecule has 2 rings (SSSR count). The lowest BCUT2D eigenvalue weighted by molar-refractivity contribution is 0.270. The normalized spacial score (nSPS) is 16.7. The maximum Gasteiger partial charge on any atom is 0.147 e. The third-order valence-corrected chi connectivity index (χ3v) is 3.57. The van der Waals surface area contributed by atoms with Crippen LogP contribution in [0.1, 0.15) is 18.1 Å². The van der Waals surface area contributed by atoms with E-state index in [2.05, 4.69) is 16.7 Å². The molecule has 0 aromatic heterocycles. The zero-order valence-electron chi connectivity index (χ0n) is 10.9. The van der Waals surface area contributed by atoms with Gasteiger partial charge in [-0.15, -0.1) is 0 Å². The van der Waals surface area contributed by atoms with Crippen molar-refractivity contribution in [3.05, 3.63) is 29.1 Å². The minimum atomic E-state index is -0.290. The van der Waals surface area contributed by atoms with Crippen LogP contribution in [0.4, 0.5) is 10.1 Å². The van der Waals surface area contributed by atoms with Crippen LogP contribution in [0.5, 0.6) is 0 Å². The molecule has 1 aliphatic rings. The second-order valence-corrected chi connectivity index (χ2v) is 4.65. The Hall–Kier alpha value is -1.60. The molecule has 1 fully saturated rings. The Morgan fingerprint density at radius 1 is 1.28 bits per heavy atom. The number of anilines is 1. The maximum absolute atomic E-state index is 14.0. The fourth-order valence-corrected chi connectivity index (χ4v) is 2.33. The van der Waals surface area contributed by atoms with Gasteiger partial charge in [-0.1, -0.05) is 6.92 Å². The molecule has 1 heterocycles. The number of benzene rings is 1. The lowest BCUT2D eigenvalue weighted by Crippen LogP contribution is -2.46. The van der Waals surface area contributed by atoms with E-state index in [1.54, 1.807) is 6.07 Å². The summed E-state index contributed by atoms with van der Waals surface area (Å²) in [7, 11) is 0. The number of nitriles is 1. The van der Waals surface area contributed by atoms with E-state index in [1.165, 1.54) is 6.07 Å². The van der Waals surface area contributed by atoms with Crippen molar-refractivity contribution in [2.75, 3.05) is 37.6 Å². The lowest BCUT2D eigenvalue weighted by atomic mass is 10.1. The van der Waals surface area contributed by atoms with Crippen LogP contribution < -0.4 is 4.90 Å². The van der Waals surface area contributed by atoms with Gasteiger partial charge in [-0.2, -0.15) is 5.26 Å². The predicted octanol–water partition coefficient (Wildman–Crippen LogP) is 2.15. The van der Waals surface area contributed by atoms with E-state index in [-0.39, 0.29) is 5.82 Å². The summed E-state index contributed by atoms with van der Waals surface area (Å²) >= 11 is 0. The molecule has 96 valence electrons. The second-order valence-electron chi connectivity index (χ2n) is 4.65. The first-order valence-electron chi connectivity index (χ1n) is 6.33. The Labute approximate surface area is 107 Å². The topological polar surface area (TPSA) is 30.3 Å². The van der Waals surface area contributed by atoms with E-state index in [4.69, 9.17) is 5.26 Å². The summed E-state index contributed by atoms with van der Waals surface area (Å²) in [5, 5.41) is 8.87. The zero-order valence-corrected chi connectivity index (χ0v) is 10.9. The second kappa shape index (κ2) is 5.36. The van der Waals surface area contributed by atoms with Crippen molar-refractivity contribution in [1.29, 1.82) is 5.26 Å². The molecule has 0 radical (unpaired) electrons. The van der Waals surface area contributed by atoms with Gasteiger partial charge in [0.1, 0.15) is 5.82 Å². The summed E-state index contributed by atoms with van der Waals surface area (Å²) < 4.78 is 14.0. The monoisotopic (exact) mass is 247 g/mol. The van der Waals surface area contributed by atoms with Crippen LogP contribution in [0.2, 0.25) is 0 Å². The van der Waals surface area contributed by atoms with E-state index < -0.39 is 0 Å². The molecule has 1 aliphatic heterocycles. The average molecular weight is 247 g/mol. The standard InChI is InChI=1S/C14H18FN3/c1-3-17-4-6-18(7-5-17)14-8-11(2)12(10-16)9-13(14)15/h8-9H,3-7H2,1-2H3. The van der Waals surface area contributed by atoms with Crippen LogP contribution in [0.15, 0.2) is 12.1 Å². The van der Waals surface area contributed by atoms with Gasteiger partial charge in [0.15, 0.2) is 0 Å². The molecule has 0 N–H and O–H groups in total. The first kappa shape index (κ1) is 12.8. The van der Waals surface area contributed by atoms with Crippen molar-refractivity contribution in [2.24, 2.45) is 0 Å². The fraction of sp³-hybridized carbons (Fsp3) is 0.500. The minimum Gasteiger partial charge on any atom is -0.367 e. The van der Waals surface area contributed by atoms with Gasteiger partial charge in [0.2, 0.25) is 0 Å². The summed E-state index contributed by atoms with van der Waals surface area (Å²) in [5.41, 5.74) is 1.89. The lowest BCUT2D eigenvalue weighted by Gasteiger charge is -2.35. The molecule has 0 amide bonds. The summed E-state index contributed by atoms with van der Waals surface area (Å²) in [6.07, 6.45) is 0. The average Bonchev–Trinajstić information content (AvgIpc) is 2.41. The number of hydrogen-bond acceptors (Lipinski definition) is 3. The van der Waals surface area contributed by atoms with Gasteiger partial charge in [-0.3, -0.25) is 0 Å². The van der Waals surface area contributed by atoms with E-state index in [0.29, 0.717) is 11.3 Å². The Kier molecular flexibility index (Phi) is 3.83. The van der Waals surface area contributed by atoms with Crippen molar-refractivity contribution in [3.63, 3.8) is 0 Å². The van der Waals surface area contributed by atoms with Crippen molar-refractivity contribution in [3.8, 4) is 6.07 Å². The number of likely N-dealkylation sites (N-methyl/N-ethyl adjacent to an activating group) is 1. The third kappa shape index (κ3) is 2.46. The van der Waals surface area contributed by atoms with E-state index >= 15 is 0 Å². The summed E-state index contributed by atoms with van der Waals surface area (Å²) in [6.45, 7) is 8.66. The Morgan fingerprint density at radius 2 is 1.94 bits per heavy atom. The summed E-state index contributed by atoms with van der Waals surface area (Å²) in [4.78, 5) is 4.42. The van der Waals surface area contributed by atoms with Crippen molar-refractivity contribution in [1.82, 2.24) is 4.90 Å². The van der Waals surface area contributed by atoms with Crippen LogP contribution in [-0.4, -0.2) is 37.6 Å². The molecule has 0 aliphatic carbocycles. The molecule has 4 heteroatoms. The van der Waals surface area contributed by atoms with Crippen LogP contribution >= 0.6 is 0 Å². The van der Waals surface area contributed by atoms with E-state index in [9.17, 15) is 4.39 Å². The molecule has 18 heavy (non-hydrogen) atoms. The van der Waals surface area contributed by atoms with Gasteiger partial charge in [0.25, 0.3) is 0 Å². The van der Waals surface area contributed by atoms with E-state index in [0.717, 1.165) is 38.3 Å². The quantitative estimate of drug-likeness (QED) is 0.802. The highest BCUT2D eigenvalue weighted by Gasteiger charge is 2.19. The molecule has 1 aromatic carbocycles. The van der Waals surface area contributed by atoms with Gasteiger partial charge < -0.3 is 9.80 Å². The Balaban J connectivity index is 2.20. The molecule has 0 atom stereocenters. The molecular formula is C14H18FN3. The van der Waals surface area contributed by atoms with Crippen LogP contribution in [0.3, 0.4) is 0 Å². The first-order chi connectivity index (χ1) is 8.65. The SMILES string of the molecule is CCN1CCN(c2cc(C)c(C#N)cc2F)CC1. The zero-order chi connectivity index (χ0) is 13.1. The number of rotatable bonds is 2. The van der Waals surface area contributed by atoms with Gasteiger partial charge in [-0.25, -0.2) is 4.39 Å². The Morgan fingerprint density at radius 3 is 2.50 bits per heavy atom. The number of nitrogens with zero attached hydrogens (tertiary/aromatic N) is 3. The number of aryl methyl sites for hydroxylation is 1. The van der Waals surface area contributed by atoms with Gasteiger partial charge in [-0.05, 0) is 31.2 Å². The summed E-state index contributed by atoms with van der Waals surface area (Å²) in [6, 6.07) is 5.15. The number of halogens is 1. The molecular weight excluding hydrogens is 229 g/mol. The molecule has 0 unspecified atom stereocenters. The number of piperazine rings is 1. The molecule has 0 spiro atoms. The largest absolute Gasteiger partial charge is 0.367 e. The highest BCUT2D eigenvalue weighted by molar-refractivity contribution is 5.55. The van der Waals surface area contributed by atoms with Crippen LogP contribution in [-0.2, 0) is 0 Å². The highest BCUT2D eigenvalue weighted by Crippen LogP contribution is 2.24. The van der Waals surface area contributed by atoms with Crippen molar-refractivity contribution < 1.29 is 4.39 Å². The van der Waals surface area contributed by atoms with Crippen molar-refractivity contribution >= 4 is 5.69 Å². The highest BCUT2D eigenvalue weighted by atomic mass is 19.1. The Bertz CT molecular complexity index is 471. The van der Waals surface area contributed by atoms with E-state index in [1.807, 2.05) is 13.0 Å². The maximum atomic E-state index is 14.0. The molecule has 0 saturated carbocycles. The molecule has 0 bridgehead atoms. The molecule has 1 saturated heterocycles. The molecule has 3 nitrogen and oxygen atoms in total. The van der Waals surface area contributed by atoms with Crippen LogP contribution in [0, 0.1) is 24.1 Å². The van der Waals surface area contributed by atoms with Gasteiger partial charge in [0, 0.05) is 26.2 Å². The van der Waals surface area contributed by atoms with Crippen LogP contribution in [0.25, 0.3) is 0 Å². The summed E-state index contributed by atoms with van der Waals surface area (Å²) in [5.74, 6) is -0.290. The van der Waals surface area contributed by atoms with Crippen molar-refractivity contribution in [2.45, 2.75) is 13.8 Å². The minimum absolute atomic E-state index is 0.290. The number of hydrogen-bond donors (Lipinski definition) is 0. The van der Waals surface area contributed by atoms with Gasteiger partial charge in [0.05, 0.1) is 17.3 Å². The van der Waals surface area contributed by atoms with Gasteiger partial charge >= 0.3 is 0 Å². The molecule has 1 aromatic rings. The smallest absolute Gasteiger partial charge is 0.147 e. The first-order valence-corrected chi connectivity index (χ1v) is 6.33. The predicted molar refractivity (Wildman–Crippen MR) is 70.2 cm³/mol. The third-order valence-electron chi connectivity index (χ3n) is 3.57. The fourth-order valence-electron chi connectivity index (χ4n) is 2.33.